The Balaban J connectivity index is 1.50. The molecule has 5 heteroatoms. The normalized spacial score (nSPS) is 21.6. The zero-order valence-electron chi connectivity index (χ0n) is 17.0. The molecule has 0 bridgehead atoms. The first-order valence-corrected chi connectivity index (χ1v) is 10.4. The van der Waals surface area contributed by atoms with Gasteiger partial charge in [0.05, 0.1) is 6.04 Å². The summed E-state index contributed by atoms with van der Waals surface area (Å²) in [6.45, 7) is 5.15. The van der Waals surface area contributed by atoms with Gasteiger partial charge in [-0.1, -0.05) is 24.3 Å². The van der Waals surface area contributed by atoms with Crippen molar-refractivity contribution in [2.45, 2.75) is 44.1 Å². The minimum atomic E-state index is -0.0422. The van der Waals surface area contributed by atoms with E-state index in [0.717, 1.165) is 45.4 Å². The van der Waals surface area contributed by atoms with E-state index < -0.39 is 0 Å². The molecule has 2 amide bonds. The van der Waals surface area contributed by atoms with Gasteiger partial charge in [-0.25, -0.2) is 4.79 Å². The van der Waals surface area contributed by atoms with Crippen LogP contribution in [0, 0.1) is 6.92 Å². The Hall–Kier alpha value is -2.27. The predicted molar refractivity (Wildman–Crippen MR) is 110 cm³/mol. The summed E-state index contributed by atoms with van der Waals surface area (Å²) in [4.78, 5) is 15.2. The Labute approximate surface area is 167 Å². The van der Waals surface area contributed by atoms with Gasteiger partial charge in [-0.3, -0.25) is 0 Å². The Morgan fingerprint density at radius 3 is 2.71 bits per heavy atom. The molecule has 5 nitrogen and oxygen atoms in total. The molecule has 2 aliphatic rings. The molecule has 0 saturated carbocycles. The van der Waals surface area contributed by atoms with Crippen molar-refractivity contribution >= 4 is 6.03 Å². The fourth-order valence-electron chi connectivity index (χ4n) is 4.96. The third-order valence-electron chi connectivity index (χ3n) is 6.58. The lowest BCUT2D eigenvalue weighted by molar-refractivity contribution is 0.0498. The van der Waals surface area contributed by atoms with Gasteiger partial charge in [0, 0.05) is 50.7 Å². The average molecular weight is 382 g/mol. The first kappa shape index (κ1) is 19.1. The summed E-state index contributed by atoms with van der Waals surface area (Å²) in [5.41, 5.74) is 3.81. The monoisotopic (exact) mass is 381 g/mol. The molecule has 4 rings (SSSR count). The summed E-state index contributed by atoms with van der Waals surface area (Å²) in [5, 5.41) is 3.29. The fraction of sp³-hybridized carbons (Fsp3) is 0.522. The van der Waals surface area contributed by atoms with E-state index in [-0.39, 0.29) is 17.5 Å². The van der Waals surface area contributed by atoms with Crippen LogP contribution in [0.1, 0.15) is 48.5 Å². The smallest absolute Gasteiger partial charge is 0.317 e. The number of aryl methyl sites for hydroxylation is 2. The van der Waals surface area contributed by atoms with Crippen molar-refractivity contribution in [3.05, 3.63) is 59.4 Å². The number of carbonyl (C=O) groups excluding carboxylic acids is 1. The Morgan fingerprint density at radius 1 is 1.21 bits per heavy atom. The molecule has 1 atom stereocenters. The molecule has 150 valence electrons. The Morgan fingerprint density at radius 2 is 2.00 bits per heavy atom. The van der Waals surface area contributed by atoms with Crippen LogP contribution in [0.4, 0.5) is 4.79 Å². The topological polar surface area (TPSA) is 46.5 Å². The van der Waals surface area contributed by atoms with Crippen molar-refractivity contribution in [2.75, 3.05) is 26.3 Å². The van der Waals surface area contributed by atoms with E-state index in [4.69, 9.17) is 4.74 Å². The van der Waals surface area contributed by atoms with Crippen molar-refractivity contribution in [1.29, 1.82) is 0 Å². The largest absolute Gasteiger partial charge is 0.381 e. The summed E-state index contributed by atoms with van der Waals surface area (Å²) < 4.78 is 7.77. The van der Waals surface area contributed by atoms with E-state index in [1.54, 1.807) is 0 Å². The van der Waals surface area contributed by atoms with Gasteiger partial charge in [0.25, 0.3) is 0 Å². The van der Waals surface area contributed by atoms with Crippen molar-refractivity contribution in [1.82, 2.24) is 14.8 Å². The molecule has 2 saturated heterocycles. The van der Waals surface area contributed by atoms with Crippen LogP contribution in [-0.2, 0) is 17.2 Å². The first-order chi connectivity index (χ1) is 13.6. The van der Waals surface area contributed by atoms with E-state index in [1.165, 1.54) is 16.8 Å². The molecule has 0 aliphatic carbocycles. The first-order valence-electron chi connectivity index (χ1n) is 10.4. The molecular weight excluding hydrogens is 350 g/mol. The van der Waals surface area contributed by atoms with Crippen LogP contribution in [-0.4, -0.2) is 41.8 Å². The van der Waals surface area contributed by atoms with Crippen LogP contribution in [0.25, 0.3) is 0 Å². The Kier molecular flexibility index (Phi) is 5.44. The molecule has 2 fully saturated rings. The zero-order valence-corrected chi connectivity index (χ0v) is 17.0. The molecule has 1 unspecified atom stereocenters. The summed E-state index contributed by atoms with van der Waals surface area (Å²) >= 11 is 0. The van der Waals surface area contributed by atoms with Crippen molar-refractivity contribution in [3.8, 4) is 0 Å². The molecule has 3 heterocycles. The summed E-state index contributed by atoms with van der Waals surface area (Å²) in [7, 11) is 2.05. The number of likely N-dealkylation sites (tertiary alicyclic amines) is 1. The highest BCUT2D eigenvalue weighted by Gasteiger charge is 2.37. The van der Waals surface area contributed by atoms with Crippen LogP contribution in [0.2, 0.25) is 0 Å². The number of amides is 2. The second kappa shape index (κ2) is 8.00. The SMILES string of the molecule is Cc1ccccc1C1(CNC(=O)N2CCCC2c2cccn2C)CCOCC1. The molecule has 0 radical (unpaired) electrons. The van der Waals surface area contributed by atoms with E-state index in [1.807, 2.05) is 4.90 Å². The number of hydrogen-bond donors (Lipinski definition) is 1. The van der Waals surface area contributed by atoms with E-state index in [9.17, 15) is 4.79 Å². The highest BCUT2D eigenvalue weighted by Crippen LogP contribution is 2.37. The maximum atomic E-state index is 13.1. The number of benzene rings is 1. The number of nitrogens with zero attached hydrogens (tertiary/aromatic N) is 2. The second-order valence-corrected chi connectivity index (χ2v) is 8.26. The van der Waals surface area contributed by atoms with Crippen LogP contribution in [0.5, 0.6) is 0 Å². The molecule has 1 aromatic carbocycles. The summed E-state index contributed by atoms with van der Waals surface area (Å²) in [6.07, 6.45) is 6.03. The number of hydrogen-bond acceptors (Lipinski definition) is 2. The quantitative estimate of drug-likeness (QED) is 0.872. The summed E-state index contributed by atoms with van der Waals surface area (Å²) in [5.74, 6) is 0. The maximum absolute atomic E-state index is 13.1. The van der Waals surface area contributed by atoms with Gasteiger partial charge in [0.15, 0.2) is 0 Å². The zero-order chi connectivity index (χ0) is 19.6. The van der Waals surface area contributed by atoms with Crippen LogP contribution >= 0.6 is 0 Å². The molecular formula is C23H31N3O2. The molecule has 2 aromatic rings. The lowest BCUT2D eigenvalue weighted by Gasteiger charge is -2.39. The van der Waals surface area contributed by atoms with Gasteiger partial charge in [-0.2, -0.15) is 0 Å². The second-order valence-electron chi connectivity index (χ2n) is 8.26. The lowest BCUT2D eigenvalue weighted by atomic mass is 9.72. The van der Waals surface area contributed by atoms with Gasteiger partial charge in [0.2, 0.25) is 0 Å². The van der Waals surface area contributed by atoms with Crippen molar-refractivity contribution in [3.63, 3.8) is 0 Å². The van der Waals surface area contributed by atoms with Crippen molar-refractivity contribution in [2.24, 2.45) is 7.05 Å². The summed E-state index contributed by atoms with van der Waals surface area (Å²) in [6, 6.07) is 13.0. The molecule has 28 heavy (non-hydrogen) atoms. The molecule has 1 N–H and O–H groups in total. The minimum Gasteiger partial charge on any atom is -0.381 e. The van der Waals surface area contributed by atoms with E-state index >= 15 is 0 Å². The number of urea groups is 1. The predicted octanol–water partition coefficient (Wildman–Crippen LogP) is 3.93. The fourth-order valence-corrected chi connectivity index (χ4v) is 4.96. The van der Waals surface area contributed by atoms with Crippen LogP contribution in [0.3, 0.4) is 0 Å². The van der Waals surface area contributed by atoms with E-state index in [0.29, 0.717) is 6.54 Å². The number of ether oxygens (including phenoxy) is 1. The van der Waals surface area contributed by atoms with Crippen molar-refractivity contribution < 1.29 is 9.53 Å². The van der Waals surface area contributed by atoms with Gasteiger partial charge in [0.1, 0.15) is 0 Å². The standard InChI is InChI=1S/C23H31N3O2/c1-18-7-3-4-8-19(18)23(11-15-28-16-12-23)17-24-22(27)26-14-6-10-21(26)20-9-5-13-25(20)2/h3-5,7-9,13,21H,6,10-12,14-17H2,1-2H3,(H,24,27). The molecule has 2 aliphatic heterocycles. The van der Waals surface area contributed by atoms with Gasteiger partial charge in [-0.15, -0.1) is 0 Å². The van der Waals surface area contributed by atoms with Gasteiger partial charge >= 0.3 is 6.03 Å². The van der Waals surface area contributed by atoms with Gasteiger partial charge in [-0.05, 0) is 55.9 Å². The number of rotatable bonds is 4. The average Bonchev–Trinajstić information content (AvgIpc) is 3.35. The maximum Gasteiger partial charge on any atom is 0.317 e. The Bertz CT molecular complexity index is 823. The molecule has 0 spiro atoms. The lowest BCUT2D eigenvalue weighted by Crippen LogP contribution is -2.48. The third-order valence-corrected chi connectivity index (χ3v) is 6.58. The van der Waals surface area contributed by atoms with Crippen LogP contribution < -0.4 is 5.32 Å². The number of aromatic nitrogens is 1. The number of nitrogens with one attached hydrogen (secondary N) is 1. The van der Waals surface area contributed by atoms with E-state index in [2.05, 4.69) is 66.5 Å². The highest BCUT2D eigenvalue weighted by molar-refractivity contribution is 5.75. The van der Waals surface area contributed by atoms with Gasteiger partial charge < -0.3 is 19.5 Å². The highest BCUT2D eigenvalue weighted by atomic mass is 16.5. The minimum absolute atomic E-state index is 0.0422. The number of carbonyl (C=O) groups is 1. The molecule has 1 aromatic heterocycles. The van der Waals surface area contributed by atoms with Crippen LogP contribution in [0.15, 0.2) is 42.6 Å². The third kappa shape index (κ3) is 3.55.